The summed E-state index contributed by atoms with van der Waals surface area (Å²) in [6, 6.07) is 11.2. The largest absolute Gasteiger partial charge is 0.481 e. The van der Waals surface area contributed by atoms with Crippen molar-refractivity contribution in [2.24, 2.45) is 7.05 Å². The number of benzene rings is 1. The van der Waals surface area contributed by atoms with Gasteiger partial charge in [0.05, 0.1) is 24.5 Å². The molecule has 0 spiro atoms. The van der Waals surface area contributed by atoms with E-state index in [0.717, 1.165) is 16.7 Å². The number of aryl methyl sites for hydroxylation is 2. The molecule has 2 heterocycles. The minimum absolute atomic E-state index is 0.214. The Morgan fingerprint density at radius 2 is 1.88 bits per heavy atom. The number of anilines is 1. The van der Waals surface area contributed by atoms with Crippen molar-refractivity contribution >= 4 is 11.7 Å². The van der Waals surface area contributed by atoms with E-state index < -0.39 is 6.10 Å². The maximum absolute atomic E-state index is 13.4. The van der Waals surface area contributed by atoms with Crippen LogP contribution in [0, 0.1) is 13.8 Å². The molecule has 3 aromatic rings. The van der Waals surface area contributed by atoms with E-state index in [1.807, 2.05) is 37.3 Å². The molecular formula is C24H26N4O4. The number of nitrogens with one attached hydrogen (secondary N) is 1. The molecule has 1 aliphatic carbocycles. The highest BCUT2D eigenvalue weighted by atomic mass is 16.5. The van der Waals surface area contributed by atoms with E-state index in [1.165, 1.54) is 11.5 Å². The number of hydrogen-bond acceptors (Lipinski definition) is 7. The molecule has 0 radical (unpaired) electrons. The van der Waals surface area contributed by atoms with Crippen LogP contribution in [0.25, 0.3) is 11.4 Å². The number of rotatable bonds is 5. The molecule has 0 bridgehead atoms. The summed E-state index contributed by atoms with van der Waals surface area (Å²) >= 11 is 0. The third-order valence-electron chi connectivity index (χ3n) is 5.78. The van der Waals surface area contributed by atoms with Crippen LogP contribution in [0.5, 0.6) is 5.88 Å². The van der Waals surface area contributed by atoms with E-state index in [2.05, 4.69) is 10.3 Å². The standard InChI is InChI=1S/C24H26N4O4/c1-13-17(10-11-20(25-13)31-5)23-26-14(2)21(24(30)28(23)4)27-22-18-9-7-6-8-16(18)12-19(22)32-15(3)29/h6-11,19,22,27H,12H2,1-5H3/t19-,22+/m0/s1. The lowest BCUT2D eigenvalue weighted by Crippen LogP contribution is -2.31. The summed E-state index contributed by atoms with van der Waals surface area (Å²) in [7, 11) is 3.25. The van der Waals surface area contributed by atoms with Gasteiger partial charge in [-0.25, -0.2) is 9.97 Å². The highest BCUT2D eigenvalue weighted by Crippen LogP contribution is 2.36. The first kappa shape index (κ1) is 21.5. The molecule has 32 heavy (non-hydrogen) atoms. The van der Waals surface area contributed by atoms with Crippen molar-refractivity contribution in [1.82, 2.24) is 14.5 Å². The van der Waals surface area contributed by atoms with Crippen LogP contribution < -0.4 is 15.6 Å². The third kappa shape index (κ3) is 3.84. The summed E-state index contributed by atoms with van der Waals surface area (Å²) in [6.07, 6.45) is 0.191. The predicted molar refractivity (Wildman–Crippen MR) is 121 cm³/mol. The lowest BCUT2D eigenvalue weighted by atomic mass is 10.1. The van der Waals surface area contributed by atoms with Gasteiger partial charge in [-0.2, -0.15) is 0 Å². The lowest BCUT2D eigenvalue weighted by Gasteiger charge is -2.24. The zero-order valence-electron chi connectivity index (χ0n) is 18.8. The average molecular weight is 434 g/mol. The van der Waals surface area contributed by atoms with Crippen LogP contribution in [0.15, 0.2) is 41.2 Å². The Morgan fingerprint density at radius 1 is 1.12 bits per heavy atom. The van der Waals surface area contributed by atoms with Gasteiger partial charge in [0, 0.05) is 32.0 Å². The Morgan fingerprint density at radius 3 is 2.56 bits per heavy atom. The first-order valence-electron chi connectivity index (χ1n) is 10.4. The predicted octanol–water partition coefficient (Wildman–Crippen LogP) is 3.11. The van der Waals surface area contributed by atoms with Gasteiger partial charge in [0.25, 0.3) is 5.56 Å². The summed E-state index contributed by atoms with van der Waals surface area (Å²) in [4.78, 5) is 34.1. The quantitative estimate of drug-likeness (QED) is 0.617. The molecule has 0 unspecified atom stereocenters. The molecule has 1 N–H and O–H groups in total. The van der Waals surface area contributed by atoms with Crippen LogP contribution in [0.2, 0.25) is 0 Å². The average Bonchev–Trinajstić information content (AvgIpc) is 3.10. The minimum atomic E-state index is -0.401. The van der Waals surface area contributed by atoms with Gasteiger partial charge in [-0.3, -0.25) is 14.2 Å². The lowest BCUT2D eigenvalue weighted by molar-refractivity contribution is -0.146. The third-order valence-corrected chi connectivity index (χ3v) is 5.78. The fraction of sp³-hybridized carbons (Fsp3) is 0.333. The van der Waals surface area contributed by atoms with Crippen molar-refractivity contribution in [3.05, 3.63) is 69.3 Å². The van der Waals surface area contributed by atoms with Gasteiger partial charge in [-0.05, 0) is 31.0 Å². The molecule has 1 aliphatic rings. The maximum Gasteiger partial charge on any atom is 0.302 e. The Hall–Kier alpha value is -3.68. The molecule has 0 fully saturated rings. The van der Waals surface area contributed by atoms with E-state index >= 15 is 0 Å². The number of carbonyl (C=O) groups is 1. The Labute approximate surface area is 186 Å². The summed E-state index contributed by atoms with van der Waals surface area (Å²) in [5.74, 6) is 0.673. The molecule has 0 saturated heterocycles. The van der Waals surface area contributed by atoms with Gasteiger partial charge in [0.2, 0.25) is 5.88 Å². The second-order valence-corrected chi connectivity index (χ2v) is 7.92. The van der Waals surface area contributed by atoms with Crippen LogP contribution >= 0.6 is 0 Å². The summed E-state index contributed by atoms with van der Waals surface area (Å²) in [5.41, 5.74) is 4.30. The number of carbonyl (C=O) groups excluding carboxylic acids is 1. The van der Waals surface area contributed by atoms with Crippen molar-refractivity contribution in [3.63, 3.8) is 0 Å². The topological polar surface area (TPSA) is 95.3 Å². The number of esters is 1. The smallest absolute Gasteiger partial charge is 0.302 e. The molecule has 4 rings (SSSR count). The number of fused-ring (bicyclic) bond motifs is 1. The zero-order chi connectivity index (χ0) is 23.0. The Bertz CT molecular complexity index is 1250. The molecule has 2 aromatic heterocycles. The number of ether oxygens (including phenoxy) is 2. The summed E-state index contributed by atoms with van der Waals surface area (Å²) in [6.45, 7) is 5.04. The second-order valence-electron chi connectivity index (χ2n) is 7.92. The SMILES string of the molecule is COc1ccc(-c2nc(C)c(N[C@@H]3c4ccccc4C[C@@H]3OC(C)=O)c(=O)n2C)c(C)n1. The Balaban J connectivity index is 1.74. The van der Waals surface area contributed by atoms with Gasteiger partial charge in [-0.15, -0.1) is 0 Å². The van der Waals surface area contributed by atoms with E-state index in [1.54, 1.807) is 27.1 Å². The number of hydrogen-bond donors (Lipinski definition) is 1. The van der Waals surface area contributed by atoms with Crippen molar-refractivity contribution in [1.29, 1.82) is 0 Å². The van der Waals surface area contributed by atoms with Gasteiger partial charge < -0.3 is 14.8 Å². The van der Waals surface area contributed by atoms with Crippen LogP contribution in [0.3, 0.4) is 0 Å². The number of nitrogens with zero attached hydrogens (tertiary/aromatic N) is 3. The van der Waals surface area contributed by atoms with Gasteiger partial charge in [0.15, 0.2) is 0 Å². The highest BCUT2D eigenvalue weighted by Gasteiger charge is 2.35. The number of methoxy groups -OCH3 is 1. The fourth-order valence-electron chi connectivity index (χ4n) is 4.21. The normalized spacial score (nSPS) is 17.0. The monoisotopic (exact) mass is 434 g/mol. The highest BCUT2D eigenvalue weighted by molar-refractivity contribution is 5.67. The Kier molecular flexibility index (Phi) is 5.69. The molecule has 8 heteroatoms. The summed E-state index contributed by atoms with van der Waals surface area (Å²) in [5, 5.41) is 3.33. The van der Waals surface area contributed by atoms with Gasteiger partial charge in [0.1, 0.15) is 17.6 Å². The molecular weight excluding hydrogens is 408 g/mol. The second kappa shape index (κ2) is 8.45. The fourth-order valence-corrected chi connectivity index (χ4v) is 4.21. The van der Waals surface area contributed by atoms with Gasteiger partial charge >= 0.3 is 5.97 Å². The molecule has 0 amide bonds. The zero-order valence-corrected chi connectivity index (χ0v) is 18.8. The number of pyridine rings is 1. The maximum atomic E-state index is 13.4. The van der Waals surface area contributed by atoms with E-state index in [0.29, 0.717) is 35.2 Å². The molecule has 2 atom stereocenters. The van der Waals surface area contributed by atoms with Crippen LogP contribution in [0.1, 0.15) is 35.5 Å². The number of aromatic nitrogens is 3. The van der Waals surface area contributed by atoms with Crippen LogP contribution in [0.4, 0.5) is 5.69 Å². The van der Waals surface area contributed by atoms with E-state index in [4.69, 9.17) is 14.5 Å². The first-order valence-corrected chi connectivity index (χ1v) is 10.4. The van der Waals surface area contributed by atoms with Crippen molar-refractivity contribution in [3.8, 4) is 17.3 Å². The van der Waals surface area contributed by atoms with Crippen molar-refractivity contribution < 1.29 is 14.3 Å². The van der Waals surface area contributed by atoms with E-state index in [-0.39, 0.29) is 17.6 Å². The van der Waals surface area contributed by atoms with Crippen LogP contribution in [-0.2, 0) is 23.0 Å². The summed E-state index contributed by atoms with van der Waals surface area (Å²) < 4.78 is 12.3. The molecule has 0 saturated carbocycles. The van der Waals surface area contributed by atoms with Crippen molar-refractivity contribution in [2.75, 3.05) is 12.4 Å². The van der Waals surface area contributed by atoms with Gasteiger partial charge in [-0.1, -0.05) is 24.3 Å². The molecule has 166 valence electrons. The molecule has 1 aromatic carbocycles. The van der Waals surface area contributed by atoms with E-state index in [9.17, 15) is 9.59 Å². The molecule has 0 aliphatic heterocycles. The van der Waals surface area contributed by atoms with Crippen LogP contribution in [-0.4, -0.2) is 33.7 Å². The van der Waals surface area contributed by atoms with Crippen molar-refractivity contribution in [2.45, 2.75) is 39.3 Å². The molecule has 8 nitrogen and oxygen atoms in total. The minimum Gasteiger partial charge on any atom is -0.481 e. The first-order chi connectivity index (χ1) is 15.3.